The van der Waals surface area contributed by atoms with E-state index in [1.54, 1.807) is 24.6 Å². The third-order valence-corrected chi connectivity index (χ3v) is 12.3. The van der Waals surface area contributed by atoms with Crippen molar-refractivity contribution in [3.63, 3.8) is 0 Å². The maximum absolute atomic E-state index is 10.6. The SMILES string of the molecule is CCCCC(CCC)C(=O)O.CCCCCC[PH](CCCC)(CCCC)CCCC. The first kappa shape index (κ1) is 32.1. The van der Waals surface area contributed by atoms with Crippen LogP contribution < -0.4 is 0 Å². The summed E-state index contributed by atoms with van der Waals surface area (Å²) < 4.78 is 0. The van der Waals surface area contributed by atoms with Crippen LogP contribution in [-0.2, 0) is 4.79 Å². The molecule has 30 heavy (non-hydrogen) atoms. The number of carboxylic acid groups (broad SMARTS) is 1. The Kier molecular flexibility index (Phi) is 25.2. The van der Waals surface area contributed by atoms with Crippen molar-refractivity contribution in [2.24, 2.45) is 5.92 Å². The Bertz CT molecular complexity index is 335. The third kappa shape index (κ3) is 18.7. The molecule has 0 amide bonds. The predicted molar refractivity (Wildman–Crippen MR) is 142 cm³/mol. The van der Waals surface area contributed by atoms with Gasteiger partial charge < -0.3 is 5.11 Å². The maximum atomic E-state index is 10.6. The van der Waals surface area contributed by atoms with Crippen molar-refractivity contribution >= 4 is 13.2 Å². The fourth-order valence-corrected chi connectivity index (χ4v) is 10.3. The van der Waals surface area contributed by atoms with Crippen LogP contribution in [0.3, 0.4) is 0 Å². The number of hydrogen-bond donors (Lipinski definition) is 1. The van der Waals surface area contributed by atoms with Gasteiger partial charge in [0, 0.05) is 0 Å². The van der Waals surface area contributed by atoms with Gasteiger partial charge in [-0.25, -0.2) is 0 Å². The van der Waals surface area contributed by atoms with Crippen LogP contribution in [0.5, 0.6) is 0 Å². The summed E-state index contributed by atoms with van der Waals surface area (Å²) in [7, 11) is -0.908. The van der Waals surface area contributed by atoms with E-state index < -0.39 is 13.2 Å². The third-order valence-electron chi connectivity index (χ3n) is 6.64. The van der Waals surface area contributed by atoms with Crippen LogP contribution in [-0.4, -0.2) is 35.7 Å². The van der Waals surface area contributed by atoms with E-state index in [2.05, 4.69) is 34.6 Å². The van der Waals surface area contributed by atoms with Crippen molar-refractivity contribution in [3.05, 3.63) is 0 Å². The summed E-state index contributed by atoms with van der Waals surface area (Å²) in [5, 5.41) is 8.73. The molecule has 0 aromatic carbocycles. The van der Waals surface area contributed by atoms with Crippen molar-refractivity contribution in [2.45, 2.75) is 138 Å². The summed E-state index contributed by atoms with van der Waals surface area (Å²) in [6.45, 7) is 13.6. The van der Waals surface area contributed by atoms with Crippen molar-refractivity contribution in [2.75, 3.05) is 24.6 Å². The molecular formula is C27H59O2P. The van der Waals surface area contributed by atoms with Gasteiger partial charge in [0.15, 0.2) is 0 Å². The van der Waals surface area contributed by atoms with Crippen LogP contribution >= 0.6 is 7.26 Å². The molecule has 0 radical (unpaired) electrons. The number of hydrogen-bond acceptors (Lipinski definition) is 1. The minimum absolute atomic E-state index is 0.0973. The zero-order valence-corrected chi connectivity index (χ0v) is 22.9. The Morgan fingerprint density at radius 1 is 0.567 bits per heavy atom. The number of carbonyl (C=O) groups is 1. The van der Waals surface area contributed by atoms with E-state index >= 15 is 0 Å². The molecule has 0 rings (SSSR count). The molecule has 0 aliphatic rings. The van der Waals surface area contributed by atoms with Crippen LogP contribution in [0.15, 0.2) is 0 Å². The zero-order chi connectivity index (χ0) is 23.1. The summed E-state index contributed by atoms with van der Waals surface area (Å²) in [5.41, 5.74) is 0. The molecule has 3 heteroatoms. The van der Waals surface area contributed by atoms with Gasteiger partial charge in [-0.2, -0.15) is 0 Å². The molecule has 0 saturated carbocycles. The van der Waals surface area contributed by atoms with E-state index in [1.807, 2.05) is 6.92 Å². The molecule has 0 aromatic rings. The molecule has 0 fully saturated rings. The molecule has 1 atom stereocenters. The topological polar surface area (TPSA) is 37.3 Å². The first-order valence-corrected chi connectivity index (χ1v) is 16.5. The molecular weight excluding hydrogens is 387 g/mol. The molecule has 0 bridgehead atoms. The summed E-state index contributed by atoms with van der Waals surface area (Å²) in [4.78, 5) is 10.6. The van der Waals surface area contributed by atoms with E-state index in [0.29, 0.717) is 0 Å². The predicted octanol–water partition coefficient (Wildman–Crippen LogP) is 9.39. The van der Waals surface area contributed by atoms with Crippen molar-refractivity contribution in [3.8, 4) is 0 Å². The summed E-state index contributed by atoms with van der Waals surface area (Å²) in [6.07, 6.45) is 25.9. The molecule has 2 nitrogen and oxygen atoms in total. The Labute approximate surface area is 191 Å². The first-order chi connectivity index (χ1) is 14.5. The molecule has 0 heterocycles. The van der Waals surface area contributed by atoms with Gasteiger partial charge in [-0.1, -0.05) is 33.1 Å². The van der Waals surface area contributed by atoms with Gasteiger partial charge in [-0.3, -0.25) is 4.79 Å². The van der Waals surface area contributed by atoms with Gasteiger partial charge in [-0.15, -0.1) is 0 Å². The summed E-state index contributed by atoms with van der Waals surface area (Å²) in [6, 6.07) is 0. The summed E-state index contributed by atoms with van der Waals surface area (Å²) in [5.74, 6) is -0.722. The van der Waals surface area contributed by atoms with Crippen molar-refractivity contribution in [1.29, 1.82) is 0 Å². The number of unbranched alkanes of at least 4 members (excludes halogenated alkanes) is 7. The minimum atomic E-state index is -0.908. The van der Waals surface area contributed by atoms with Crippen LogP contribution in [0.4, 0.5) is 0 Å². The molecule has 0 aliphatic carbocycles. The van der Waals surface area contributed by atoms with E-state index in [0.717, 1.165) is 32.1 Å². The molecule has 0 saturated heterocycles. The molecule has 1 unspecified atom stereocenters. The number of aliphatic carboxylic acids is 1. The Morgan fingerprint density at radius 3 is 1.37 bits per heavy atom. The van der Waals surface area contributed by atoms with Gasteiger partial charge in [0.25, 0.3) is 0 Å². The van der Waals surface area contributed by atoms with E-state index in [4.69, 9.17) is 5.11 Å². The fraction of sp³-hybridized carbons (Fsp3) is 0.963. The van der Waals surface area contributed by atoms with Gasteiger partial charge in [0.1, 0.15) is 0 Å². The van der Waals surface area contributed by atoms with E-state index in [1.165, 1.54) is 64.2 Å². The number of carboxylic acids is 1. The van der Waals surface area contributed by atoms with Crippen molar-refractivity contribution < 1.29 is 9.90 Å². The number of rotatable bonds is 20. The normalized spacial score (nSPS) is 12.9. The average molecular weight is 447 g/mol. The van der Waals surface area contributed by atoms with Gasteiger partial charge in [-0.05, 0) is 12.8 Å². The van der Waals surface area contributed by atoms with Crippen LogP contribution in [0.25, 0.3) is 0 Å². The van der Waals surface area contributed by atoms with Crippen LogP contribution in [0.1, 0.15) is 138 Å². The van der Waals surface area contributed by atoms with Crippen molar-refractivity contribution in [1.82, 2.24) is 0 Å². The Balaban J connectivity index is 0. The Hall–Kier alpha value is -0.100. The molecule has 184 valence electrons. The second kappa shape index (κ2) is 23.6. The fourth-order valence-electron chi connectivity index (χ4n) is 4.52. The van der Waals surface area contributed by atoms with Gasteiger partial charge in [0.2, 0.25) is 0 Å². The Morgan fingerprint density at radius 2 is 1.00 bits per heavy atom. The van der Waals surface area contributed by atoms with E-state index in [-0.39, 0.29) is 5.92 Å². The molecule has 0 aromatic heterocycles. The molecule has 0 spiro atoms. The van der Waals surface area contributed by atoms with Gasteiger partial charge in [0.05, 0.1) is 5.92 Å². The van der Waals surface area contributed by atoms with Gasteiger partial charge >= 0.3 is 130 Å². The molecule has 1 N–H and O–H groups in total. The quantitative estimate of drug-likeness (QED) is 0.149. The van der Waals surface area contributed by atoms with Crippen LogP contribution in [0, 0.1) is 5.92 Å². The zero-order valence-electron chi connectivity index (χ0n) is 21.9. The van der Waals surface area contributed by atoms with Crippen LogP contribution in [0.2, 0.25) is 0 Å². The summed E-state index contributed by atoms with van der Waals surface area (Å²) >= 11 is 0. The second-order valence-corrected chi connectivity index (χ2v) is 14.6. The molecule has 0 aliphatic heterocycles. The second-order valence-electron chi connectivity index (χ2n) is 9.59. The average Bonchev–Trinajstić information content (AvgIpc) is 2.75. The standard InChI is InChI=1S/C18H41P.C9H18O2/c1-5-9-13-14-18-19(15-10-6-2,16-11-7-3)17-12-8-4;1-3-5-7-8(6-4-2)9(10)11/h19H,5-18H2,1-4H3;8H,3-7H2,1-2H3,(H,10,11). The monoisotopic (exact) mass is 446 g/mol. The van der Waals surface area contributed by atoms with E-state index in [9.17, 15) is 4.79 Å². The first-order valence-electron chi connectivity index (χ1n) is 13.7.